The zero-order chi connectivity index (χ0) is 26.4. The van der Waals surface area contributed by atoms with Crippen LogP contribution in [0.2, 0.25) is 5.02 Å². The Morgan fingerprint density at radius 1 is 1.03 bits per heavy atom. The third kappa shape index (κ3) is 5.56. The van der Waals surface area contributed by atoms with Crippen molar-refractivity contribution in [2.75, 3.05) is 18.2 Å². The van der Waals surface area contributed by atoms with E-state index in [2.05, 4.69) is 5.32 Å². The van der Waals surface area contributed by atoms with Gasteiger partial charge in [0.15, 0.2) is 27.3 Å². The van der Waals surface area contributed by atoms with E-state index in [0.29, 0.717) is 37.8 Å². The van der Waals surface area contributed by atoms with Crippen LogP contribution in [0.1, 0.15) is 36.0 Å². The number of carbonyl (C=O) groups excluding carboxylic acids is 1. The fourth-order valence-electron chi connectivity index (χ4n) is 5.30. The monoisotopic (exact) mass is 565 g/mol. The van der Waals surface area contributed by atoms with Crippen LogP contribution in [-0.4, -0.2) is 40.9 Å². The van der Waals surface area contributed by atoms with Crippen LogP contribution in [0.4, 0.5) is 18.9 Å². The molecule has 0 aliphatic heterocycles. The summed E-state index contributed by atoms with van der Waals surface area (Å²) in [4.78, 5) is 12.4. The maximum Gasteiger partial charge on any atom is 0.264 e. The van der Waals surface area contributed by atoms with Gasteiger partial charge in [0.25, 0.3) is 16.0 Å². The van der Waals surface area contributed by atoms with Crippen LogP contribution < -0.4 is 5.32 Å². The lowest BCUT2D eigenvalue weighted by Gasteiger charge is -2.34. The second-order valence-electron chi connectivity index (χ2n) is 9.29. The van der Waals surface area contributed by atoms with Gasteiger partial charge in [0.05, 0.1) is 28.0 Å². The van der Waals surface area contributed by atoms with E-state index in [1.807, 2.05) is 0 Å². The van der Waals surface area contributed by atoms with Gasteiger partial charge in [0.2, 0.25) is 0 Å². The Morgan fingerprint density at radius 3 is 2.17 bits per heavy atom. The number of amides is 1. The summed E-state index contributed by atoms with van der Waals surface area (Å²) in [6, 6.07) is 4.84. The van der Waals surface area contributed by atoms with Crippen LogP contribution in [0.15, 0.2) is 35.2 Å². The normalized spacial score (nSPS) is 24.0. The Balaban J connectivity index is 1.56. The first kappa shape index (κ1) is 26.9. The van der Waals surface area contributed by atoms with Gasteiger partial charge in [-0.2, -0.15) is 8.42 Å². The Labute approximate surface area is 212 Å². The topological polar surface area (TPSA) is 107 Å². The number of sulfone groups is 1. The van der Waals surface area contributed by atoms with Crippen LogP contribution in [0.3, 0.4) is 0 Å². The number of hydrogen-bond acceptors (Lipinski definition) is 6. The van der Waals surface area contributed by atoms with Crippen molar-refractivity contribution in [3.05, 3.63) is 58.4 Å². The molecule has 4 rings (SSSR count). The predicted molar refractivity (Wildman–Crippen MR) is 126 cm³/mol. The van der Waals surface area contributed by atoms with Crippen molar-refractivity contribution < 1.29 is 39.0 Å². The molecule has 0 saturated heterocycles. The fraction of sp³-hybridized carbons (Fsp3) is 0.435. The molecule has 7 nitrogen and oxygen atoms in total. The van der Waals surface area contributed by atoms with Crippen LogP contribution in [0.5, 0.6) is 0 Å². The van der Waals surface area contributed by atoms with Gasteiger partial charge in [-0.25, -0.2) is 21.6 Å². The molecule has 196 valence electrons. The lowest BCUT2D eigenvalue weighted by atomic mass is 9.81. The minimum absolute atomic E-state index is 0.000409. The molecule has 36 heavy (non-hydrogen) atoms. The van der Waals surface area contributed by atoms with E-state index in [-0.39, 0.29) is 45.5 Å². The SMILES string of the molecule is CS(=O)(=O)OC[C@@H]1CC2CC[C@@H](C1)C2S(=O)(=O)c1cc(C(=O)Nc2cc(F)c(F)c(F)c2)ccc1Cl. The highest BCUT2D eigenvalue weighted by Crippen LogP contribution is 2.50. The van der Waals surface area contributed by atoms with Gasteiger partial charge in [-0.05, 0) is 61.6 Å². The van der Waals surface area contributed by atoms with Crippen molar-refractivity contribution in [3.8, 4) is 0 Å². The lowest BCUT2D eigenvalue weighted by molar-refractivity contribution is 0.102. The quantitative estimate of drug-likeness (QED) is 0.389. The molecule has 2 saturated carbocycles. The molecule has 0 aromatic heterocycles. The molecule has 2 aromatic rings. The van der Waals surface area contributed by atoms with Crippen molar-refractivity contribution in [1.29, 1.82) is 0 Å². The summed E-state index contributed by atoms with van der Waals surface area (Å²) in [6.07, 6.45) is 3.24. The van der Waals surface area contributed by atoms with Crippen molar-refractivity contribution in [3.63, 3.8) is 0 Å². The van der Waals surface area contributed by atoms with Crippen molar-refractivity contribution in [1.82, 2.24) is 0 Å². The van der Waals surface area contributed by atoms with E-state index in [1.54, 1.807) is 0 Å². The number of hydrogen-bond donors (Lipinski definition) is 1. The van der Waals surface area contributed by atoms with E-state index in [4.69, 9.17) is 15.8 Å². The van der Waals surface area contributed by atoms with Crippen molar-refractivity contribution in [2.24, 2.45) is 17.8 Å². The molecule has 2 bridgehead atoms. The maximum absolute atomic E-state index is 13.7. The van der Waals surface area contributed by atoms with Crippen molar-refractivity contribution >= 4 is 43.2 Å². The zero-order valence-electron chi connectivity index (χ0n) is 19.0. The second-order valence-corrected chi connectivity index (χ2v) is 13.4. The van der Waals surface area contributed by atoms with Crippen LogP contribution in [-0.2, 0) is 24.1 Å². The summed E-state index contributed by atoms with van der Waals surface area (Å²) in [7, 11) is -7.59. The first-order valence-corrected chi connectivity index (χ1v) is 14.8. The molecule has 0 spiro atoms. The van der Waals surface area contributed by atoms with Gasteiger partial charge in [0, 0.05) is 23.4 Å². The Morgan fingerprint density at radius 2 is 1.61 bits per heavy atom. The van der Waals surface area contributed by atoms with Crippen molar-refractivity contribution in [2.45, 2.75) is 35.8 Å². The molecule has 4 atom stereocenters. The number of benzene rings is 2. The van der Waals surface area contributed by atoms with Crippen LogP contribution >= 0.6 is 11.6 Å². The minimum Gasteiger partial charge on any atom is -0.322 e. The molecule has 0 radical (unpaired) electrons. The van der Waals surface area contributed by atoms with Gasteiger partial charge in [0.1, 0.15) is 0 Å². The smallest absolute Gasteiger partial charge is 0.264 e. The van der Waals surface area contributed by atoms with Gasteiger partial charge >= 0.3 is 0 Å². The summed E-state index contributed by atoms with van der Waals surface area (Å²) in [5, 5.41) is 1.40. The van der Waals surface area contributed by atoms with Gasteiger partial charge in [-0.1, -0.05) is 11.6 Å². The van der Waals surface area contributed by atoms with E-state index in [0.717, 1.165) is 12.3 Å². The zero-order valence-corrected chi connectivity index (χ0v) is 21.4. The summed E-state index contributed by atoms with van der Waals surface area (Å²) in [6.45, 7) is -0.000409. The fourth-order valence-corrected chi connectivity index (χ4v) is 8.61. The molecule has 13 heteroatoms. The Bertz CT molecular complexity index is 1380. The second kappa shape index (κ2) is 9.96. The molecule has 2 unspecified atom stereocenters. The van der Waals surface area contributed by atoms with Gasteiger partial charge in [-0.3, -0.25) is 8.98 Å². The van der Waals surface area contributed by atoms with E-state index in [1.165, 1.54) is 12.1 Å². The summed E-state index contributed by atoms with van der Waals surface area (Å²) in [5.41, 5.74) is -0.464. The van der Waals surface area contributed by atoms with E-state index >= 15 is 0 Å². The highest BCUT2D eigenvalue weighted by molar-refractivity contribution is 7.92. The van der Waals surface area contributed by atoms with E-state index < -0.39 is 48.6 Å². The number of nitrogens with one attached hydrogen (secondary N) is 1. The molecule has 1 amide bonds. The third-order valence-electron chi connectivity index (χ3n) is 6.73. The summed E-state index contributed by atoms with van der Waals surface area (Å²) in [5.74, 6) is -6.05. The van der Waals surface area contributed by atoms with Crippen LogP contribution in [0.25, 0.3) is 0 Å². The van der Waals surface area contributed by atoms with Gasteiger partial charge in [-0.15, -0.1) is 0 Å². The maximum atomic E-state index is 13.7. The van der Waals surface area contributed by atoms with Gasteiger partial charge < -0.3 is 5.32 Å². The number of anilines is 1. The van der Waals surface area contributed by atoms with E-state index in [9.17, 15) is 34.8 Å². The first-order valence-electron chi connectivity index (χ1n) is 11.1. The molecule has 2 aliphatic rings. The average Bonchev–Trinajstić information content (AvgIpc) is 3.07. The lowest BCUT2D eigenvalue weighted by Crippen LogP contribution is -2.38. The standard InChI is InChI=1S/C23H23ClF3NO6S2/c1-35(30,31)34-11-12-6-13-2-3-14(7-12)22(13)36(32,33)20-8-15(4-5-17(20)24)23(29)28-16-9-18(25)21(27)19(26)10-16/h4-5,8-10,12-14,22H,2-3,6-7,11H2,1H3,(H,28,29)/t12-,13-,14?,22?/m0/s1. The Hall–Kier alpha value is -2.15. The first-order chi connectivity index (χ1) is 16.8. The Kier molecular flexibility index (Phi) is 7.44. The van der Waals surface area contributed by atoms with Crippen LogP contribution in [0, 0.1) is 35.2 Å². The molecular weight excluding hydrogens is 543 g/mol. The molecule has 0 heterocycles. The largest absolute Gasteiger partial charge is 0.322 e. The molecular formula is C23H23ClF3NO6S2. The highest BCUT2D eigenvalue weighted by atomic mass is 35.5. The highest BCUT2D eigenvalue weighted by Gasteiger charge is 2.50. The number of carbonyl (C=O) groups is 1. The molecule has 1 N–H and O–H groups in total. The molecule has 2 fully saturated rings. The third-order valence-corrected chi connectivity index (χ3v) is 10.2. The number of halogens is 4. The minimum atomic E-state index is -3.98. The predicted octanol–water partition coefficient (Wildman–Crippen LogP) is 4.56. The summed E-state index contributed by atoms with van der Waals surface area (Å²) >= 11 is 6.23. The molecule has 2 aliphatic carbocycles. The summed E-state index contributed by atoms with van der Waals surface area (Å²) < 4.78 is 95.1. The number of rotatable bonds is 7. The number of fused-ring (bicyclic) bond motifs is 2. The molecule has 2 aromatic carbocycles. The average molecular weight is 566 g/mol.